The van der Waals surface area contributed by atoms with Crippen molar-refractivity contribution >= 4 is 28.8 Å². The fourth-order valence-corrected chi connectivity index (χ4v) is 2.06. The number of hydrogen-bond donors (Lipinski definition) is 1. The minimum Gasteiger partial charge on any atom is -0.334 e. The van der Waals surface area contributed by atoms with Gasteiger partial charge in [0.05, 0.1) is 4.92 Å². The van der Waals surface area contributed by atoms with Gasteiger partial charge in [0.1, 0.15) is 5.15 Å². The molecule has 1 N–H and O–H groups in total. The Morgan fingerprint density at radius 1 is 1.25 bits per heavy atom. The summed E-state index contributed by atoms with van der Waals surface area (Å²) >= 11 is 5.82. The van der Waals surface area contributed by atoms with Crippen molar-refractivity contribution in [2.24, 2.45) is 0 Å². The zero-order valence-corrected chi connectivity index (χ0v) is 11.9. The van der Waals surface area contributed by atoms with E-state index in [2.05, 4.69) is 24.1 Å². The van der Waals surface area contributed by atoms with Gasteiger partial charge in [-0.05, 0) is 23.6 Å². The van der Waals surface area contributed by atoms with E-state index in [0.29, 0.717) is 0 Å². The van der Waals surface area contributed by atoms with Crippen molar-refractivity contribution in [1.29, 1.82) is 0 Å². The molecule has 2 aromatic rings. The molecule has 0 amide bonds. The number of para-hydroxylation sites is 1. The van der Waals surface area contributed by atoms with Gasteiger partial charge >= 0.3 is 5.69 Å². The highest BCUT2D eigenvalue weighted by atomic mass is 35.5. The number of aromatic nitrogens is 1. The zero-order valence-electron chi connectivity index (χ0n) is 11.1. The summed E-state index contributed by atoms with van der Waals surface area (Å²) in [6, 6.07) is 10.4. The fraction of sp³-hybridized carbons (Fsp3) is 0.214. The number of benzene rings is 1. The quantitative estimate of drug-likeness (QED) is 0.511. The molecule has 0 aliphatic carbocycles. The van der Waals surface area contributed by atoms with E-state index in [0.717, 1.165) is 11.3 Å². The maximum Gasteiger partial charge on any atom is 0.311 e. The molecule has 1 aromatic heterocycles. The number of halogens is 1. The van der Waals surface area contributed by atoms with Crippen LogP contribution in [0.5, 0.6) is 0 Å². The van der Waals surface area contributed by atoms with Crippen LogP contribution in [0.1, 0.15) is 25.3 Å². The van der Waals surface area contributed by atoms with Crippen molar-refractivity contribution < 1.29 is 4.92 Å². The van der Waals surface area contributed by atoms with Gasteiger partial charge in [-0.2, -0.15) is 0 Å². The molecule has 2 rings (SSSR count). The topological polar surface area (TPSA) is 68.1 Å². The van der Waals surface area contributed by atoms with Crippen LogP contribution in [0.15, 0.2) is 36.4 Å². The lowest BCUT2D eigenvalue weighted by Gasteiger charge is -2.14. The molecule has 0 bridgehead atoms. The smallest absolute Gasteiger partial charge is 0.311 e. The summed E-state index contributed by atoms with van der Waals surface area (Å²) in [6.07, 6.45) is 0. The van der Waals surface area contributed by atoms with Crippen molar-refractivity contribution in [3.63, 3.8) is 0 Å². The third-order valence-electron chi connectivity index (χ3n) is 2.87. The number of anilines is 2. The monoisotopic (exact) mass is 291 g/mol. The molecule has 20 heavy (non-hydrogen) atoms. The van der Waals surface area contributed by atoms with Gasteiger partial charge in [0.2, 0.25) is 5.82 Å². The lowest BCUT2D eigenvalue weighted by Crippen LogP contribution is -2.02. The Balaban J connectivity index is 2.45. The zero-order chi connectivity index (χ0) is 14.7. The van der Waals surface area contributed by atoms with E-state index in [1.165, 1.54) is 12.1 Å². The van der Waals surface area contributed by atoms with Crippen LogP contribution in [-0.2, 0) is 0 Å². The summed E-state index contributed by atoms with van der Waals surface area (Å²) in [6.45, 7) is 4.11. The van der Waals surface area contributed by atoms with Gasteiger partial charge in [-0.25, -0.2) is 4.98 Å². The van der Waals surface area contributed by atoms with E-state index in [-0.39, 0.29) is 22.6 Å². The second-order valence-electron chi connectivity index (χ2n) is 4.63. The normalized spacial score (nSPS) is 10.6. The summed E-state index contributed by atoms with van der Waals surface area (Å²) in [7, 11) is 0. The first kappa shape index (κ1) is 14.3. The maximum absolute atomic E-state index is 11.0. The van der Waals surface area contributed by atoms with Gasteiger partial charge in [0.25, 0.3) is 0 Å². The first-order chi connectivity index (χ1) is 9.49. The molecule has 0 atom stereocenters. The van der Waals surface area contributed by atoms with E-state index in [1.54, 1.807) is 0 Å². The maximum atomic E-state index is 11.0. The van der Waals surface area contributed by atoms with Gasteiger partial charge in [-0.3, -0.25) is 10.1 Å². The molecule has 0 spiro atoms. The molecule has 0 aliphatic heterocycles. The minimum atomic E-state index is -0.482. The highest BCUT2D eigenvalue weighted by Gasteiger charge is 2.17. The van der Waals surface area contributed by atoms with E-state index < -0.39 is 4.92 Å². The molecule has 6 heteroatoms. The Kier molecular flexibility index (Phi) is 4.20. The summed E-state index contributed by atoms with van der Waals surface area (Å²) in [5.41, 5.74) is 1.75. The van der Waals surface area contributed by atoms with Crippen molar-refractivity contribution in [3.05, 3.63) is 57.2 Å². The Morgan fingerprint density at radius 3 is 2.60 bits per heavy atom. The number of nitrogens with zero attached hydrogens (tertiary/aromatic N) is 2. The molecule has 1 heterocycles. The highest BCUT2D eigenvalue weighted by molar-refractivity contribution is 6.29. The van der Waals surface area contributed by atoms with Crippen LogP contribution in [-0.4, -0.2) is 9.91 Å². The van der Waals surface area contributed by atoms with Crippen LogP contribution in [0.3, 0.4) is 0 Å². The van der Waals surface area contributed by atoms with E-state index in [1.807, 2.05) is 24.3 Å². The van der Waals surface area contributed by atoms with Crippen LogP contribution in [0.4, 0.5) is 17.2 Å². The number of pyridine rings is 1. The van der Waals surface area contributed by atoms with Gasteiger partial charge in [-0.15, -0.1) is 0 Å². The molecule has 0 saturated heterocycles. The van der Waals surface area contributed by atoms with Crippen molar-refractivity contribution in [3.8, 4) is 0 Å². The highest BCUT2D eigenvalue weighted by Crippen LogP contribution is 2.31. The predicted molar refractivity (Wildman–Crippen MR) is 79.7 cm³/mol. The van der Waals surface area contributed by atoms with Gasteiger partial charge < -0.3 is 5.32 Å². The summed E-state index contributed by atoms with van der Waals surface area (Å²) in [4.78, 5) is 14.5. The van der Waals surface area contributed by atoms with Gasteiger partial charge in [0, 0.05) is 11.8 Å². The Morgan fingerprint density at radius 2 is 1.95 bits per heavy atom. The lowest BCUT2D eigenvalue weighted by molar-refractivity contribution is -0.384. The molecule has 0 fully saturated rings. The largest absolute Gasteiger partial charge is 0.334 e. The Labute approximate surface area is 121 Å². The number of rotatable bonds is 4. The standard InChI is InChI=1S/C14H14ClN3O2/c1-9(2)10-5-3-4-6-11(10)16-14-12(18(19)20)7-8-13(15)17-14/h3-9H,1-2H3,(H,16,17). The molecule has 104 valence electrons. The second-order valence-corrected chi connectivity index (χ2v) is 5.01. The molecular weight excluding hydrogens is 278 g/mol. The summed E-state index contributed by atoms with van der Waals surface area (Å²) in [5.74, 6) is 0.438. The van der Waals surface area contributed by atoms with Crippen molar-refractivity contribution in [2.45, 2.75) is 19.8 Å². The number of nitrogens with one attached hydrogen (secondary N) is 1. The van der Waals surface area contributed by atoms with E-state index in [4.69, 9.17) is 11.6 Å². The summed E-state index contributed by atoms with van der Waals surface area (Å²) < 4.78 is 0. The predicted octanol–water partition coefficient (Wildman–Crippen LogP) is 4.51. The van der Waals surface area contributed by atoms with Gasteiger partial charge in [-0.1, -0.05) is 43.6 Å². The molecule has 0 aliphatic rings. The molecule has 0 radical (unpaired) electrons. The molecule has 5 nitrogen and oxygen atoms in total. The number of nitro groups is 1. The third-order valence-corrected chi connectivity index (χ3v) is 3.08. The average Bonchev–Trinajstić information content (AvgIpc) is 2.38. The molecular formula is C14H14ClN3O2. The molecule has 0 unspecified atom stereocenters. The van der Waals surface area contributed by atoms with Crippen LogP contribution in [0.2, 0.25) is 5.15 Å². The first-order valence-electron chi connectivity index (χ1n) is 6.16. The Bertz CT molecular complexity index is 644. The molecule has 1 aromatic carbocycles. The first-order valence-corrected chi connectivity index (χ1v) is 6.53. The van der Waals surface area contributed by atoms with Crippen molar-refractivity contribution in [1.82, 2.24) is 4.98 Å². The number of hydrogen-bond acceptors (Lipinski definition) is 4. The van der Waals surface area contributed by atoms with E-state index in [9.17, 15) is 10.1 Å². The van der Waals surface area contributed by atoms with Crippen LogP contribution >= 0.6 is 11.6 Å². The summed E-state index contributed by atoms with van der Waals surface area (Å²) in [5, 5.41) is 14.2. The van der Waals surface area contributed by atoms with Crippen LogP contribution < -0.4 is 5.32 Å². The SMILES string of the molecule is CC(C)c1ccccc1Nc1nc(Cl)ccc1[N+](=O)[O-]. The lowest BCUT2D eigenvalue weighted by atomic mass is 10.0. The fourth-order valence-electron chi connectivity index (χ4n) is 1.91. The van der Waals surface area contributed by atoms with E-state index >= 15 is 0 Å². The van der Waals surface area contributed by atoms with Crippen LogP contribution in [0, 0.1) is 10.1 Å². The second kappa shape index (κ2) is 5.88. The third kappa shape index (κ3) is 3.05. The average molecular weight is 292 g/mol. The minimum absolute atomic E-state index is 0.104. The van der Waals surface area contributed by atoms with Crippen molar-refractivity contribution in [2.75, 3.05) is 5.32 Å². The molecule has 0 saturated carbocycles. The van der Waals surface area contributed by atoms with Crippen LogP contribution in [0.25, 0.3) is 0 Å². The van der Waals surface area contributed by atoms with Gasteiger partial charge in [0.15, 0.2) is 0 Å². The Hall–Kier alpha value is -2.14.